The van der Waals surface area contributed by atoms with Gasteiger partial charge in [0.25, 0.3) is 5.91 Å². The van der Waals surface area contributed by atoms with Gasteiger partial charge in [-0.05, 0) is 48.5 Å². The molecule has 4 rings (SSSR count). The first-order chi connectivity index (χ1) is 15.1. The van der Waals surface area contributed by atoms with E-state index in [0.29, 0.717) is 28.6 Å². The van der Waals surface area contributed by atoms with Gasteiger partial charge in [0.05, 0.1) is 18.5 Å². The summed E-state index contributed by atoms with van der Waals surface area (Å²) in [7, 11) is 5.53. The van der Waals surface area contributed by atoms with E-state index in [0.717, 1.165) is 5.69 Å². The molecule has 1 heterocycles. The molecule has 0 bridgehead atoms. The number of amides is 1. The van der Waals surface area contributed by atoms with Crippen molar-refractivity contribution < 1.29 is 9.53 Å². The van der Waals surface area contributed by atoms with Gasteiger partial charge in [-0.15, -0.1) is 0 Å². The van der Waals surface area contributed by atoms with Crippen molar-refractivity contribution in [3.63, 3.8) is 0 Å². The van der Waals surface area contributed by atoms with Crippen molar-refractivity contribution in [3.05, 3.63) is 78.9 Å². The van der Waals surface area contributed by atoms with Crippen molar-refractivity contribution in [2.75, 3.05) is 31.1 Å². The topological polar surface area (TPSA) is 69.5 Å². The highest BCUT2D eigenvalue weighted by molar-refractivity contribution is 6.72. The number of carbonyl (C=O) groups is 1. The van der Waals surface area contributed by atoms with Crippen LogP contribution in [0.1, 0.15) is 0 Å². The lowest BCUT2D eigenvalue weighted by molar-refractivity contribution is -0.112. The predicted octanol–water partition coefficient (Wildman–Crippen LogP) is 4.12. The third kappa shape index (κ3) is 4.25. The van der Waals surface area contributed by atoms with Gasteiger partial charge in [-0.2, -0.15) is 0 Å². The van der Waals surface area contributed by atoms with Crippen LogP contribution in [-0.2, 0) is 4.79 Å². The number of nitrogens with one attached hydrogen (secondary N) is 1. The number of hydrogen-bond acceptors (Lipinski definition) is 5. The summed E-state index contributed by atoms with van der Waals surface area (Å²) in [6.07, 6.45) is 0. The van der Waals surface area contributed by atoms with E-state index in [2.05, 4.69) is 15.4 Å². The highest BCUT2D eigenvalue weighted by Gasteiger charge is 2.35. The van der Waals surface area contributed by atoms with Gasteiger partial charge in [0, 0.05) is 19.8 Å². The number of ether oxygens (including phenoxy) is 1. The van der Waals surface area contributed by atoms with Gasteiger partial charge in [-0.25, -0.2) is 15.0 Å². The first kappa shape index (κ1) is 20.2. The van der Waals surface area contributed by atoms with Crippen LogP contribution in [0.15, 0.2) is 88.8 Å². The van der Waals surface area contributed by atoms with Gasteiger partial charge >= 0.3 is 0 Å². The number of methoxy groups -OCH3 is 1. The Bertz CT molecular complexity index is 1140. The summed E-state index contributed by atoms with van der Waals surface area (Å²) in [6, 6.07) is 24.4. The van der Waals surface area contributed by atoms with E-state index in [9.17, 15) is 4.79 Å². The monoisotopic (exact) mass is 413 g/mol. The summed E-state index contributed by atoms with van der Waals surface area (Å²) in [6.45, 7) is 0. The molecular formula is C24H23N5O2. The van der Waals surface area contributed by atoms with E-state index in [4.69, 9.17) is 4.74 Å². The summed E-state index contributed by atoms with van der Waals surface area (Å²) in [4.78, 5) is 24.5. The maximum Gasteiger partial charge on any atom is 0.299 e. The zero-order valence-electron chi connectivity index (χ0n) is 17.6. The van der Waals surface area contributed by atoms with Gasteiger partial charge < -0.3 is 9.64 Å². The average molecular weight is 413 g/mol. The first-order valence-corrected chi connectivity index (χ1v) is 9.81. The Morgan fingerprint density at radius 2 is 1.55 bits per heavy atom. The number of hydrogen-bond donors (Lipinski definition) is 1. The summed E-state index contributed by atoms with van der Waals surface area (Å²) >= 11 is 0. The second-order valence-corrected chi connectivity index (χ2v) is 7.09. The van der Waals surface area contributed by atoms with Crippen LogP contribution < -0.4 is 20.1 Å². The summed E-state index contributed by atoms with van der Waals surface area (Å²) in [5, 5.41) is 1.45. The molecule has 1 N–H and O–H groups in total. The lowest BCUT2D eigenvalue weighted by Gasteiger charge is -2.14. The van der Waals surface area contributed by atoms with E-state index >= 15 is 0 Å². The number of nitrogens with zero attached hydrogens (tertiary/aromatic N) is 4. The predicted molar refractivity (Wildman–Crippen MR) is 125 cm³/mol. The van der Waals surface area contributed by atoms with Crippen molar-refractivity contribution in [2.24, 2.45) is 9.98 Å². The van der Waals surface area contributed by atoms with Gasteiger partial charge in [-0.1, -0.05) is 30.3 Å². The maximum absolute atomic E-state index is 13.3. The van der Waals surface area contributed by atoms with Crippen LogP contribution in [0, 0.1) is 0 Å². The van der Waals surface area contributed by atoms with E-state index in [1.807, 2.05) is 97.9 Å². The Hall–Kier alpha value is -4.13. The quantitative estimate of drug-likeness (QED) is 0.683. The van der Waals surface area contributed by atoms with Gasteiger partial charge in [0.15, 0.2) is 11.5 Å². The number of para-hydroxylation sites is 3. The number of amidine groups is 1. The molecular weight excluding hydrogens is 390 g/mol. The molecule has 0 spiro atoms. The third-order valence-corrected chi connectivity index (χ3v) is 4.79. The van der Waals surface area contributed by atoms with Crippen molar-refractivity contribution >= 4 is 40.2 Å². The summed E-state index contributed by atoms with van der Waals surface area (Å²) < 4.78 is 5.41. The summed E-state index contributed by atoms with van der Waals surface area (Å²) in [5.74, 6) is 0.684. The van der Waals surface area contributed by atoms with Crippen LogP contribution in [0.4, 0.5) is 22.7 Å². The van der Waals surface area contributed by atoms with Crippen molar-refractivity contribution in [1.82, 2.24) is 5.43 Å². The standard InChI is InChI=1S/C24H23N5O2/c1-28(2)18-15-13-17(14-16-18)25-22-23(26-20-11-7-8-12-21(20)31-3)27-29(24(22)30)19-9-5-4-6-10-19/h4-16H,1-3H3,(H,26,27). The fourth-order valence-electron chi connectivity index (χ4n) is 3.15. The Balaban J connectivity index is 1.78. The van der Waals surface area contributed by atoms with Gasteiger partial charge in [0.1, 0.15) is 11.4 Å². The first-order valence-electron chi connectivity index (χ1n) is 9.81. The van der Waals surface area contributed by atoms with E-state index in [1.54, 1.807) is 7.11 Å². The molecule has 3 aromatic rings. The molecule has 7 nitrogen and oxygen atoms in total. The molecule has 1 aliphatic rings. The van der Waals surface area contributed by atoms with E-state index < -0.39 is 0 Å². The lowest BCUT2D eigenvalue weighted by atomic mass is 10.2. The molecule has 0 atom stereocenters. The van der Waals surface area contributed by atoms with Crippen LogP contribution in [0.2, 0.25) is 0 Å². The average Bonchev–Trinajstić information content (AvgIpc) is 3.10. The highest BCUT2D eigenvalue weighted by Crippen LogP contribution is 2.28. The van der Waals surface area contributed by atoms with Crippen LogP contribution >= 0.6 is 0 Å². The molecule has 31 heavy (non-hydrogen) atoms. The third-order valence-electron chi connectivity index (χ3n) is 4.79. The fraction of sp³-hybridized carbons (Fsp3) is 0.125. The smallest absolute Gasteiger partial charge is 0.299 e. The molecule has 1 fully saturated rings. The zero-order chi connectivity index (χ0) is 21.8. The lowest BCUT2D eigenvalue weighted by Crippen LogP contribution is -2.35. The van der Waals surface area contributed by atoms with Crippen LogP contribution in [0.3, 0.4) is 0 Å². The Morgan fingerprint density at radius 3 is 2.23 bits per heavy atom. The largest absolute Gasteiger partial charge is 0.494 e. The SMILES string of the molecule is COc1ccccc1N=C1NN(c2ccccc2)C(=O)C1=Nc1ccc(N(C)C)cc1. The number of rotatable bonds is 5. The molecule has 1 aliphatic heterocycles. The normalized spacial score (nSPS) is 16.0. The number of hydrazine groups is 1. The second kappa shape index (κ2) is 8.71. The Kier molecular flexibility index (Phi) is 5.66. The number of carbonyl (C=O) groups excluding carboxylic acids is 1. The molecule has 0 radical (unpaired) electrons. The van der Waals surface area contributed by atoms with Crippen molar-refractivity contribution in [3.8, 4) is 5.75 Å². The van der Waals surface area contributed by atoms with E-state index in [-0.39, 0.29) is 11.6 Å². The second-order valence-electron chi connectivity index (χ2n) is 7.09. The number of benzene rings is 3. The fourth-order valence-corrected chi connectivity index (χ4v) is 3.15. The van der Waals surface area contributed by atoms with Crippen molar-refractivity contribution in [2.45, 2.75) is 0 Å². The van der Waals surface area contributed by atoms with Gasteiger partial charge in [0.2, 0.25) is 0 Å². The maximum atomic E-state index is 13.3. The molecule has 3 aromatic carbocycles. The van der Waals surface area contributed by atoms with Crippen molar-refractivity contribution in [1.29, 1.82) is 0 Å². The Labute approximate surface area is 181 Å². The molecule has 1 saturated heterocycles. The minimum atomic E-state index is -0.281. The molecule has 0 aliphatic carbocycles. The minimum Gasteiger partial charge on any atom is -0.494 e. The van der Waals surface area contributed by atoms with Gasteiger partial charge in [-0.3, -0.25) is 10.2 Å². The molecule has 156 valence electrons. The Morgan fingerprint density at radius 1 is 0.871 bits per heavy atom. The minimum absolute atomic E-state index is 0.229. The van der Waals surface area contributed by atoms with Crippen LogP contribution in [0.25, 0.3) is 0 Å². The molecule has 7 heteroatoms. The summed E-state index contributed by atoms with van der Waals surface area (Å²) in [5.41, 5.74) is 6.34. The highest BCUT2D eigenvalue weighted by atomic mass is 16.5. The molecule has 1 amide bonds. The molecule has 0 aromatic heterocycles. The van der Waals surface area contributed by atoms with Crippen LogP contribution in [-0.4, -0.2) is 38.7 Å². The molecule has 0 saturated carbocycles. The number of aliphatic imine (C=N–C) groups is 2. The van der Waals surface area contributed by atoms with E-state index in [1.165, 1.54) is 5.01 Å². The molecule has 0 unspecified atom stereocenters. The number of anilines is 2. The van der Waals surface area contributed by atoms with Crippen LogP contribution in [0.5, 0.6) is 5.75 Å². The zero-order valence-corrected chi connectivity index (χ0v) is 17.6.